The minimum atomic E-state index is -0.833. The van der Waals surface area contributed by atoms with Crippen molar-refractivity contribution < 1.29 is 19.8 Å². The van der Waals surface area contributed by atoms with Gasteiger partial charge in [0, 0.05) is 13.8 Å². The van der Waals surface area contributed by atoms with Crippen molar-refractivity contribution >= 4 is 23.5 Å². The van der Waals surface area contributed by atoms with E-state index in [4.69, 9.17) is 31.4 Å². The molecule has 11 heavy (non-hydrogen) atoms. The molecule has 0 amide bonds. The first kappa shape index (κ1) is 16.5. The summed E-state index contributed by atoms with van der Waals surface area (Å²) < 4.78 is 0. The highest BCUT2D eigenvalue weighted by atomic mass is 35.5. The molecule has 0 aliphatic carbocycles. The molecule has 5 heteroatoms. The average molecular weight is 183 g/mol. The van der Waals surface area contributed by atoms with Crippen molar-refractivity contribution in [1.29, 1.82) is 0 Å². The quantitative estimate of drug-likeness (QED) is 0.596. The first-order valence-electron chi connectivity index (χ1n) is 2.48. The number of halogens is 1. The monoisotopic (exact) mass is 182 g/mol. The summed E-state index contributed by atoms with van der Waals surface area (Å²) in [5.74, 6) is -1.67. The number of carbonyl (C=O) groups is 2. The zero-order valence-corrected chi connectivity index (χ0v) is 7.13. The van der Waals surface area contributed by atoms with Gasteiger partial charge in [0.15, 0.2) is 0 Å². The molecule has 0 aliphatic heterocycles. The summed E-state index contributed by atoms with van der Waals surface area (Å²) in [6.07, 6.45) is 0. The Kier molecular flexibility index (Phi) is 24.0. The van der Waals surface area contributed by atoms with Crippen LogP contribution in [0.1, 0.15) is 13.8 Å². The summed E-state index contributed by atoms with van der Waals surface area (Å²) in [7, 11) is 0. The molecule has 0 aromatic carbocycles. The summed E-state index contributed by atoms with van der Waals surface area (Å²) in [4.78, 5) is 18.0. The number of rotatable bonds is 0. The number of carboxylic acid groups (broad SMARTS) is 2. The van der Waals surface area contributed by atoms with Crippen molar-refractivity contribution in [2.75, 3.05) is 0 Å². The Balaban J connectivity index is -0.0000000886. The highest BCUT2D eigenvalue weighted by Gasteiger charge is 1.65. The van der Waals surface area contributed by atoms with E-state index in [1.807, 2.05) is 0 Å². The van der Waals surface area contributed by atoms with E-state index in [1.165, 1.54) is 5.54 Å². The van der Waals surface area contributed by atoms with Crippen molar-refractivity contribution in [1.82, 2.24) is 0 Å². The van der Waals surface area contributed by atoms with E-state index >= 15 is 0 Å². The van der Waals surface area contributed by atoms with E-state index in [9.17, 15) is 0 Å². The fraction of sp³-hybridized carbons (Fsp3) is 0.333. The lowest BCUT2D eigenvalue weighted by Crippen LogP contribution is -1.78. The van der Waals surface area contributed by atoms with Crippen LogP contribution in [-0.4, -0.2) is 22.2 Å². The van der Waals surface area contributed by atoms with E-state index in [1.54, 1.807) is 0 Å². The van der Waals surface area contributed by atoms with Gasteiger partial charge in [0.05, 0.1) is 0 Å². The van der Waals surface area contributed by atoms with Crippen LogP contribution in [0.5, 0.6) is 0 Å². The van der Waals surface area contributed by atoms with Gasteiger partial charge in [-0.15, -0.1) is 0 Å². The molecule has 0 saturated carbocycles. The van der Waals surface area contributed by atoms with Crippen LogP contribution in [0.2, 0.25) is 0 Å². The Morgan fingerprint density at radius 1 is 1.27 bits per heavy atom. The van der Waals surface area contributed by atoms with Crippen LogP contribution in [0.3, 0.4) is 0 Å². The minimum Gasteiger partial charge on any atom is -0.481 e. The third-order valence-corrected chi connectivity index (χ3v) is 0. The predicted octanol–water partition coefficient (Wildman–Crippen LogP) is 1.55. The van der Waals surface area contributed by atoms with Gasteiger partial charge in [0.2, 0.25) is 0 Å². The van der Waals surface area contributed by atoms with E-state index in [-0.39, 0.29) is 0 Å². The summed E-state index contributed by atoms with van der Waals surface area (Å²) in [6.45, 7) is 5.29. The van der Waals surface area contributed by atoms with Gasteiger partial charge in [-0.2, -0.15) is 0 Å². The molecule has 0 radical (unpaired) electrons. The Morgan fingerprint density at radius 2 is 1.27 bits per heavy atom. The van der Waals surface area contributed by atoms with Crippen LogP contribution < -0.4 is 0 Å². The number of aliphatic carboxylic acids is 2. The molecule has 0 spiro atoms. The summed E-state index contributed by atoms with van der Waals surface area (Å²) in [5, 5.41) is 14.8. The molecule has 0 saturated heterocycles. The number of hydrogen-bond donors (Lipinski definition) is 2. The molecular weight excluding hydrogens is 172 g/mol. The predicted molar refractivity (Wildman–Crippen MR) is 42.7 cm³/mol. The molecule has 0 aromatic rings. The highest BCUT2D eigenvalue weighted by Crippen LogP contribution is 1.60. The van der Waals surface area contributed by atoms with Crippen LogP contribution in [0.15, 0.2) is 12.1 Å². The van der Waals surface area contributed by atoms with Crippen molar-refractivity contribution in [3.05, 3.63) is 12.1 Å². The van der Waals surface area contributed by atoms with Crippen LogP contribution in [0.4, 0.5) is 0 Å². The Bertz CT molecular complexity index is 102. The van der Waals surface area contributed by atoms with Gasteiger partial charge in [-0.1, -0.05) is 18.2 Å². The third-order valence-electron chi connectivity index (χ3n) is 0. The van der Waals surface area contributed by atoms with E-state index < -0.39 is 11.9 Å². The molecule has 0 heterocycles. The van der Waals surface area contributed by atoms with Gasteiger partial charge in [-0.3, -0.25) is 9.59 Å². The zero-order valence-electron chi connectivity index (χ0n) is 6.37. The van der Waals surface area contributed by atoms with Gasteiger partial charge < -0.3 is 10.2 Å². The molecule has 4 nitrogen and oxygen atoms in total. The summed E-state index contributed by atoms with van der Waals surface area (Å²) in [6, 6.07) is 0. The maximum absolute atomic E-state index is 9.00. The van der Waals surface area contributed by atoms with Gasteiger partial charge in [0.1, 0.15) is 0 Å². The SMILES string of the molecule is C=CCl.CC(=O)O.CC(=O)O. The smallest absolute Gasteiger partial charge is 0.300 e. The molecule has 66 valence electrons. The lowest BCUT2D eigenvalue weighted by atomic mass is 10.9. The van der Waals surface area contributed by atoms with Crippen molar-refractivity contribution in [3.8, 4) is 0 Å². The molecular formula is C6H11ClO4. The standard InChI is InChI=1S/C2H3Cl.2C2H4O2/c1-2-3;2*1-2(3)4/h2H,1H2;2*1H3,(H,3,4). The fourth-order valence-electron chi connectivity index (χ4n) is 0. The van der Waals surface area contributed by atoms with Gasteiger partial charge in [-0.05, 0) is 5.54 Å². The Hall–Kier alpha value is -1.03. The molecule has 0 atom stereocenters. The van der Waals surface area contributed by atoms with E-state index in [0.29, 0.717) is 0 Å². The fourth-order valence-corrected chi connectivity index (χ4v) is 0. The first-order valence-corrected chi connectivity index (χ1v) is 2.92. The van der Waals surface area contributed by atoms with Crippen molar-refractivity contribution in [2.45, 2.75) is 13.8 Å². The largest absolute Gasteiger partial charge is 0.481 e. The first-order chi connectivity index (χ1) is 4.88. The van der Waals surface area contributed by atoms with Crippen molar-refractivity contribution in [3.63, 3.8) is 0 Å². The van der Waals surface area contributed by atoms with E-state index in [0.717, 1.165) is 13.8 Å². The van der Waals surface area contributed by atoms with Crippen molar-refractivity contribution in [2.24, 2.45) is 0 Å². The molecule has 0 aromatic heterocycles. The van der Waals surface area contributed by atoms with Crippen LogP contribution in [-0.2, 0) is 9.59 Å². The van der Waals surface area contributed by atoms with Crippen LogP contribution >= 0.6 is 11.6 Å². The maximum atomic E-state index is 9.00. The second kappa shape index (κ2) is 16.0. The van der Waals surface area contributed by atoms with Gasteiger partial charge >= 0.3 is 0 Å². The third kappa shape index (κ3) is 411. The highest BCUT2D eigenvalue weighted by molar-refractivity contribution is 6.25. The Morgan fingerprint density at radius 3 is 1.27 bits per heavy atom. The molecule has 0 aliphatic rings. The zero-order chi connectivity index (χ0) is 9.86. The molecule has 0 fully saturated rings. The lowest BCUT2D eigenvalue weighted by Gasteiger charge is -1.59. The molecule has 0 bridgehead atoms. The van der Waals surface area contributed by atoms with Gasteiger partial charge in [0.25, 0.3) is 11.9 Å². The van der Waals surface area contributed by atoms with Crippen LogP contribution in [0.25, 0.3) is 0 Å². The number of carboxylic acids is 2. The summed E-state index contributed by atoms with van der Waals surface area (Å²) in [5.41, 5.74) is 1.22. The summed E-state index contributed by atoms with van der Waals surface area (Å²) >= 11 is 4.76. The maximum Gasteiger partial charge on any atom is 0.300 e. The van der Waals surface area contributed by atoms with Gasteiger partial charge in [-0.25, -0.2) is 0 Å². The second-order valence-corrected chi connectivity index (χ2v) is 1.50. The molecule has 0 rings (SSSR count). The average Bonchev–Trinajstić information content (AvgIpc) is 1.60. The van der Waals surface area contributed by atoms with Crippen LogP contribution in [0, 0.1) is 0 Å². The van der Waals surface area contributed by atoms with E-state index in [2.05, 4.69) is 6.58 Å². The minimum absolute atomic E-state index is 0.833. The second-order valence-electron chi connectivity index (χ2n) is 1.19. The normalized spacial score (nSPS) is 5.73. The lowest BCUT2D eigenvalue weighted by molar-refractivity contribution is -0.135. The molecule has 2 N–H and O–H groups in total. The number of hydrogen-bond acceptors (Lipinski definition) is 2. The Labute approximate surface area is 70.1 Å². The topological polar surface area (TPSA) is 74.6 Å². The molecule has 0 unspecified atom stereocenters.